The number of nitrogens with zero attached hydrogens (tertiary/aromatic N) is 5. The van der Waals surface area contributed by atoms with E-state index in [4.69, 9.17) is 17.3 Å². The lowest BCUT2D eigenvalue weighted by atomic mass is 10.0. The monoisotopic (exact) mass is 444 g/mol. The Morgan fingerprint density at radius 1 is 1.06 bits per heavy atom. The lowest BCUT2D eigenvalue weighted by Gasteiger charge is -2.29. The van der Waals surface area contributed by atoms with Crippen LogP contribution in [0.15, 0.2) is 76.1 Å². The molecule has 0 radical (unpaired) electrons. The lowest BCUT2D eigenvalue weighted by Crippen LogP contribution is -2.32. The number of nitrogens with two attached hydrogens (primary N) is 1. The maximum absolute atomic E-state index is 6.51. The predicted octanol–water partition coefficient (Wildman–Crippen LogP) is 5.27. The second kappa shape index (κ2) is 9.75. The van der Waals surface area contributed by atoms with Crippen LogP contribution >= 0.6 is 11.6 Å². The third-order valence-electron chi connectivity index (χ3n) is 5.34. The number of rotatable bonds is 5. The highest BCUT2D eigenvalue weighted by molar-refractivity contribution is 6.33. The molecular weight excluding hydrogens is 420 g/mol. The molecule has 0 unspecified atom stereocenters. The van der Waals surface area contributed by atoms with Gasteiger partial charge in [-0.3, -0.25) is 9.98 Å². The molecule has 0 spiro atoms. The summed E-state index contributed by atoms with van der Waals surface area (Å²) in [5, 5.41) is 0.583. The van der Waals surface area contributed by atoms with Crippen LogP contribution in [0.3, 0.4) is 0 Å². The summed E-state index contributed by atoms with van der Waals surface area (Å²) in [5.41, 5.74) is 12.4. The summed E-state index contributed by atoms with van der Waals surface area (Å²) < 4.78 is 0. The topological polar surface area (TPSA) is 79.8 Å². The van der Waals surface area contributed by atoms with E-state index in [9.17, 15) is 0 Å². The van der Waals surface area contributed by atoms with Crippen molar-refractivity contribution in [2.45, 2.75) is 20.3 Å². The van der Waals surface area contributed by atoms with Gasteiger partial charge in [-0.1, -0.05) is 35.9 Å². The Labute approximate surface area is 193 Å². The molecule has 0 aliphatic carbocycles. The van der Waals surface area contributed by atoms with Gasteiger partial charge in [-0.05, 0) is 43.2 Å². The van der Waals surface area contributed by atoms with E-state index in [0.29, 0.717) is 11.6 Å². The van der Waals surface area contributed by atoms with E-state index in [2.05, 4.69) is 30.9 Å². The number of hydrogen-bond acceptors (Lipinski definition) is 5. The Morgan fingerprint density at radius 2 is 1.88 bits per heavy atom. The van der Waals surface area contributed by atoms with Gasteiger partial charge in [0.15, 0.2) is 0 Å². The fourth-order valence-electron chi connectivity index (χ4n) is 3.77. The van der Waals surface area contributed by atoms with E-state index in [1.54, 1.807) is 6.20 Å². The smallest absolute Gasteiger partial charge is 0.129 e. The number of aromatic nitrogens is 2. The number of para-hydroxylation sites is 1. The van der Waals surface area contributed by atoms with E-state index in [1.807, 2.05) is 62.7 Å². The van der Waals surface area contributed by atoms with Crippen molar-refractivity contribution in [1.82, 2.24) is 9.97 Å². The number of hydrogen-bond donors (Lipinski definition) is 1. The number of anilines is 1. The van der Waals surface area contributed by atoms with Crippen LogP contribution in [-0.2, 0) is 0 Å². The Morgan fingerprint density at radius 3 is 2.62 bits per heavy atom. The Kier molecular flexibility index (Phi) is 6.61. The van der Waals surface area contributed by atoms with Crippen LogP contribution in [0, 0.1) is 13.8 Å². The maximum atomic E-state index is 6.51. The van der Waals surface area contributed by atoms with Crippen LogP contribution in [0.1, 0.15) is 17.5 Å². The molecular formula is C25H25ClN6. The summed E-state index contributed by atoms with van der Waals surface area (Å²) >= 11 is 6.51. The Hall–Kier alpha value is -3.51. The van der Waals surface area contributed by atoms with Gasteiger partial charge in [0.2, 0.25) is 0 Å². The molecule has 1 aliphatic rings. The first-order valence-corrected chi connectivity index (χ1v) is 10.8. The Balaban J connectivity index is 1.65. The van der Waals surface area contributed by atoms with Crippen molar-refractivity contribution < 1.29 is 0 Å². The van der Waals surface area contributed by atoms with Crippen LogP contribution in [-0.4, -0.2) is 35.6 Å². The molecule has 3 aromatic rings. The molecule has 3 heterocycles. The van der Waals surface area contributed by atoms with Crippen LogP contribution in [0.25, 0.3) is 11.3 Å². The second-order valence-electron chi connectivity index (χ2n) is 7.72. The average Bonchev–Trinajstić information content (AvgIpc) is 2.80. The van der Waals surface area contributed by atoms with Crippen molar-refractivity contribution in [2.24, 2.45) is 15.7 Å². The van der Waals surface area contributed by atoms with E-state index < -0.39 is 0 Å². The van der Waals surface area contributed by atoms with Gasteiger partial charge in [-0.2, -0.15) is 0 Å². The average molecular weight is 445 g/mol. The highest BCUT2D eigenvalue weighted by Gasteiger charge is 2.20. The van der Waals surface area contributed by atoms with Crippen molar-refractivity contribution in [3.8, 4) is 11.3 Å². The van der Waals surface area contributed by atoms with Crippen molar-refractivity contribution in [1.29, 1.82) is 0 Å². The molecule has 6 nitrogen and oxygen atoms in total. The molecule has 1 aliphatic heterocycles. The summed E-state index contributed by atoms with van der Waals surface area (Å²) in [6, 6.07) is 14.0. The number of halogens is 1. The minimum absolute atomic E-state index is 0.583. The van der Waals surface area contributed by atoms with Crippen LogP contribution in [0.2, 0.25) is 5.02 Å². The molecule has 0 fully saturated rings. The summed E-state index contributed by atoms with van der Waals surface area (Å²) in [5.74, 6) is 0.840. The zero-order valence-electron chi connectivity index (χ0n) is 18.2. The summed E-state index contributed by atoms with van der Waals surface area (Å²) in [4.78, 5) is 20.4. The predicted molar refractivity (Wildman–Crippen MR) is 133 cm³/mol. The fraction of sp³-hybridized carbons (Fsp3) is 0.200. The molecule has 7 heteroatoms. The van der Waals surface area contributed by atoms with Crippen molar-refractivity contribution >= 4 is 35.7 Å². The molecule has 2 aromatic heterocycles. The van der Waals surface area contributed by atoms with E-state index >= 15 is 0 Å². The zero-order valence-corrected chi connectivity index (χ0v) is 18.9. The largest absolute Gasteiger partial charge is 0.390 e. The van der Waals surface area contributed by atoms with E-state index in [0.717, 1.165) is 58.1 Å². The van der Waals surface area contributed by atoms with Gasteiger partial charge in [0.25, 0.3) is 0 Å². The van der Waals surface area contributed by atoms with Crippen LogP contribution in [0.5, 0.6) is 0 Å². The van der Waals surface area contributed by atoms with Crippen LogP contribution in [0.4, 0.5) is 11.5 Å². The third-order valence-corrected chi connectivity index (χ3v) is 5.64. The molecule has 0 amide bonds. The molecule has 1 aromatic carbocycles. The molecule has 0 bridgehead atoms. The molecule has 4 rings (SSSR count). The van der Waals surface area contributed by atoms with Crippen LogP contribution < -0.4 is 10.6 Å². The van der Waals surface area contributed by atoms with Crippen molar-refractivity contribution in [3.05, 3.63) is 82.3 Å². The van der Waals surface area contributed by atoms with E-state index in [-0.39, 0.29) is 0 Å². The fourth-order valence-corrected chi connectivity index (χ4v) is 3.96. The lowest BCUT2D eigenvalue weighted by molar-refractivity contribution is 0.758. The third kappa shape index (κ3) is 4.86. The number of benzene rings is 1. The van der Waals surface area contributed by atoms with Gasteiger partial charge in [0.1, 0.15) is 5.82 Å². The van der Waals surface area contributed by atoms with Crippen molar-refractivity contribution in [2.75, 3.05) is 18.0 Å². The quantitative estimate of drug-likeness (QED) is 0.429. The summed E-state index contributed by atoms with van der Waals surface area (Å²) in [7, 11) is 0. The van der Waals surface area contributed by atoms with Crippen molar-refractivity contribution in [3.63, 3.8) is 0 Å². The molecule has 0 saturated heterocycles. The Bertz CT molecular complexity index is 1200. The molecule has 2 N–H and O–H groups in total. The first-order valence-electron chi connectivity index (χ1n) is 10.4. The standard InChI is InChI=1S/C25H25ClN6/c1-17-10-18(2)25(30-12-17)21-11-24(29-14-22(21)26)32-9-8-23(31-16-27)19(15-32)13-28-20-6-4-3-5-7-20/h3-7,10-14,16H,8-9,15H2,1-2H3,(H2,27,31). The summed E-state index contributed by atoms with van der Waals surface area (Å²) in [6.45, 7) is 5.47. The van der Waals surface area contributed by atoms with Gasteiger partial charge in [-0.15, -0.1) is 0 Å². The highest BCUT2D eigenvalue weighted by Crippen LogP contribution is 2.32. The highest BCUT2D eigenvalue weighted by atomic mass is 35.5. The minimum atomic E-state index is 0.583. The number of aryl methyl sites for hydroxylation is 2. The molecule has 162 valence electrons. The normalized spacial score (nSPS) is 14.7. The van der Waals surface area contributed by atoms with E-state index in [1.165, 1.54) is 6.34 Å². The molecule has 32 heavy (non-hydrogen) atoms. The number of pyridine rings is 2. The first kappa shape index (κ1) is 21.7. The molecule has 0 atom stereocenters. The van der Waals surface area contributed by atoms with Gasteiger partial charge < -0.3 is 10.6 Å². The zero-order chi connectivity index (χ0) is 22.5. The molecule has 0 saturated carbocycles. The van der Waals surface area contributed by atoms with Gasteiger partial charge in [-0.25, -0.2) is 9.98 Å². The van der Waals surface area contributed by atoms with Gasteiger partial charge in [0.05, 0.1) is 28.4 Å². The maximum Gasteiger partial charge on any atom is 0.129 e. The number of aliphatic imine (C=N–C) groups is 2. The first-order chi connectivity index (χ1) is 15.5. The van der Waals surface area contributed by atoms with Gasteiger partial charge >= 0.3 is 0 Å². The second-order valence-corrected chi connectivity index (χ2v) is 8.12. The van der Waals surface area contributed by atoms with Gasteiger partial charge in [0, 0.05) is 49.3 Å². The minimum Gasteiger partial charge on any atom is -0.390 e. The SMILES string of the molecule is Cc1cnc(-c2cc(N3CCC(N=CN)=C(C=Nc4ccccc4)C3)ncc2Cl)c(C)c1. The summed E-state index contributed by atoms with van der Waals surface area (Å²) in [6.07, 6.45) is 7.50.